The van der Waals surface area contributed by atoms with Crippen LogP contribution in [-0.2, 0) is 11.3 Å². The fraction of sp³-hybridized carbons (Fsp3) is 0.417. The molecule has 0 amide bonds. The number of aromatic hydroxyl groups is 1. The van der Waals surface area contributed by atoms with Gasteiger partial charge < -0.3 is 10.2 Å². The first kappa shape index (κ1) is 12.5. The summed E-state index contributed by atoms with van der Waals surface area (Å²) in [5.74, 6) is -0.684. The molecule has 1 aromatic rings. The Labute approximate surface area is 94.9 Å². The summed E-state index contributed by atoms with van der Waals surface area (Å²) >= 11 is 0. The number of benzene rings is 1. The lowest BCUT2D eigenvalue weighted by atomic mass is 10.0. The lowest BCUT2D eigenvalue weighted by Crippen LogP contribution is -2.40. The molecule has 1 aromatic carbocycles. The number of carboxylic acids is 1. The molecule has 0 saturated heterocycles. The highest BCUT2D eigenvalue weighted by molar-refractivity contribution is 5.73. The molecular weight excluding hydrogens is 206 g/mol. The van der Waals surface area contributed by atoms with Crippen molar-refractivity contribution in [2.75, 3.05) is 0 Å². The maximum absolute atomic E-state index is 10.9. The summed E-state index contributed by atoms with van der Waals surface area (Å²) < 4.78 is 0. The summed E-state index contributed by atoms with van der Waals surface area (Å²) in [5.41, 5.74) is 0.703. The maximum atomic E-state index is 10.9. The Balaban J connectivity index is 2.63. The molecule has 16 heavy (non-hydrogen) atoms. The highest BCUT2D eigenvalue weighted by atomic mass is 16.4. The number of para-hydroxylation sites is 1. The first-order valence-electron chi connectivity index (χ1n) is 5.25. The average molecular weight is 223 g/mol. The van der Waals surface area contributed by atoms with Crippen molar-refractivity contribution < 1.29 is 15.0 Å². The van der Waals surface area contributed by atoms with Gasteiger partial charge >= 0.3 is 5.97 Å². The Morgan fingerprint density at radius 2 is 2.00 bits per heavy atom. The topological polar surface area (TPSA) is 69.6 Å². The largest absolute Gasteiger partial charge is 0.508 e. The van der Waals surface area contributed by atoms with Gasteiger partial charge in [-0.15, -0.1) is 0 Å². The normalized spacial score (nSPS) is 12.7. The van der Waals surface area contributed by atoms with Crippen LogP contribution in [0, 0.1) is 5.92 Å². The van der Waals surface area contributed by atoms with E-state index in [-0.39, 0.29) is 11.7 Å². The summed E-state index contributed by atoms with van der Waals surface area (Å²) in [6.07, 6.45) is 0. The minimum Gasteiger partial charge on any atom is -0.508 e. The fourth-order valence-corrected chi connectivity index (χ4v) is 1.49. The van der Waals surface area contributed by atoms with Crippen LogP contribution >= 0.6 is 0 Å². The Morgan fingerprint density at radius 3 is 2.50 bits per heavy atom. The van der Waals surface area contributed by atoms with Crippen molar-refractivity contribution in [3.63, 3.8) is 0 Å². The van der Waals surface area contributed by atoms with E-state index in [4.69, 9.17) is 5.11 Å². The Bertz CT molecular complexity index is 363. The zero-order valence-corrected chi connectivity index (χ0v) is 9.47. The number of rotatable bonds is 5. The molecule has 0 fully saturated rings. The predicted molar refractivity (Wildman–Crippen MR) is 61.2 cm³/mol. The second-order valence-corrected chi connectivity index (χ2v) is 4.07. The smallest absolute Gasteiger partial charge is 0.320 e. The molecule has 0 heterocycles. The van der Waals surface area contributed by atoms with E-state index in [0.717, 1.165) is 0 Å². The van der Waals surface area contributed by atoms with Gasteiger partial charge in [0.2, 0.25) is 0 Å². The molecule has 0 unspecified atom stereocenters. The molecule has 0 aliphatic rings. The van der Waals surface area contributed by atoms with Crippen molar-refractivity contribution in [1.82, 2.24) is 5.32 Å². The van der Waals surface area contributed by atoms with Crippen LogP contribution < -0.4 is 5.32 Å². The number of hydrogen-bond acceptors (Lipinski definition) is 3. The van der Waals surface area contributed by atoms with E-state index in [1.54, 1.807) is 18.2 Å². The number of hydrogen-bond donors (Lipinski definition) is 3. The van der Waals surface area contributed by atoms with Gasteiger partial charge in [-0.25, -0.2) is 0 Å². The van der Waals surface area contributed by atoms with Gasteiger partial charge in [0.05, 0.1) is 0 Å². The quantitative estimate of drug-likeness (QED) is 0.709. The first-order chi connectivity index (χ1) is 7.52. The van der Waals surface area contributed by atoms with E-state index in [9.17, 15) is 9.90 Å². The average Bonchev–Trinajstić information content (AvgIpc) is 2.20. The van der Waals surface area contributed by atoms with E-state index in [1.165, 1.54) is 0 Å². The number of phenols is 1. The Morgan fingerprint density at radius 1 is 1.38 bits per heavy atom. The van der Waals surface area contributed by atoms with Crippen molar-refractivity contribution in [2.45, 2.75) is 26.4 Å². The van der Waals surface area contributed by atoms with Crippen LogP contribution in [0.2, 0.25) is 0 Å². The molecule has 1 atom stereocenters. The van der Waals surface area contributed by atoms with Crippen LogP contribution in [0.3, 0.4) is 0 Å². The highest BCUT2D eigenvalue weighted by Crippen LogP contribution is 2.15. The van der Waals surface area contributed by atoms with E-state index in [1.807, 2.05) is 19.9 Å². The predicted octanol–water partition coefficient (Wildman–Crippen LogP) is 1.59. The number of phenolic OH excluding ortho intramolecular Hbond substituents is 1. The molecule has 0 aliphatic carbocycles. The van der Waals surface area contributed by atoms with Gasteiger partial charge in [-0.2, -0.15) is 0 Å². The van der Waals surface area contributed by atoms with E-state index in [2.05, 4.69) is 5.32 Å². The van der Waals surface area contributed by atoms with E-state index < -0.39 is 12.0 Å². The number of nitrogens with one attached hydrogen (secondary N) is 1. The molecule has 1 rings (SSSR count). The molecular formula is C12H17NO3. The van der Waals surface area contributed by atoms with Crippen LogP contribution in [0.25, 0.3) is 0 Å². The van der Waals surface area contributed by atoms with Gasteiger partial charge in [-0.1, -0.05) is 32.0 Å². The zero-order chi connectivity index (χ0) is 12.1. The summed E-state index contributed by atoms with van der Waals surface area (Å²) in [6.45, 7) is 4.04. The first-order valence-corrected chi connectivity index (χ1v) is 5.25. The SMILES string of the molecule is CC(C)[C@H](NCc1ccccc1O)C(=O)O. The van der Waals surface area contributed by atoms with Crippen LogP contribution in [0.1, 0.15) is 19.4 Å². The monoisotopic (exact) mass is 223 g/mol. The van der Waals surface area contributed by atoms with Crippen molar-refractivity contribution in [2.24, 2.45) is 5.92 Å². The zero-order valence-electron chi connectivity index (χ0n) is 9.47. The van der Waals surface area contributed by atoms with Gasteiger partial charge in [-0.3, -0.25) is 10.1 Å². The van der Waals surface area contributed by atoms with Crippen LogP contribution in [-0.4, -0.2) is 22.2 Å². The second kappa shape index (κ2) is 5.51. The summed E-state index contributed by atoms with van der Waals surface area (Å²) in [7, 11) is 0. The molecule has 0 aromatic heterocycles. The van der Waals surface area contributed by atoms with Gasteiger partial charge in [0, 0.05) is 12.1 Å². The minimum absolute atomic E-state index is 0.00311. The van der Waals surface area contributed by atoms with Crippen molar-refractivity contribution in [3.05, 3.63) is 29.8 Å². The fourth-order valence-electron chi connectivity index (χ4n) is 1.49. The van der Waals surface area contributed by atoms with Crippen LogP contribution in [0.5, 0.6) is 5.75 Å². The molecule has 3 N–H and O–H groups in total. The maximum Gasteiger partial charge on any atom is 0.320 e. The lowest BCUT2D eigenvalue weighted by molar-refractivity contribution is -0.140. The molecule has 0 spiro atoms. The summed E-state index contributed by atoms with van der Waals surface area (Å²) in [6, 6.07) is 6.29. The van der Waals surface area contributed by atoms with Crippen LogP contribution in [0.15, 0.2) is 24.3 Å². The Hall–Kier alpha value is -1.55. The summed E-state index contributed by atoms with van der Waals surface area (Å²) in [5, 5.41) is 21.4. The highest BCUT2D eigenvalue weighted by Gasteiger charge is 2.20. The molecule has 4 nitrogen and oxygen atoms in total. The standard InChI is InChI=1S/C12H17NO3/c1-8(2)11(12(15)16)13-7-9-5-3-4-6-10(9)14/h3-6,8,11,13-14H,7H2,1-2H3,(H,15,16)/t11-/m0/s1. The van der Waals surface area contributed by atoms with Gasteiger partial charge in [0.25, 0.3) is 0 Å². The van der Waals surface area contributed by atoms with Crippen LogP contribution in [0.4, 0.5) is 0 Å². The van der Waals surface area contributed by atoms with Gasteiger partial charge in [-0.05, 0) is 12.0 Å². The van der Waals surface area contributed by atoms with Gasteiger partial charge in [0.1, 0.15) is 11.8 Å². The van der Waals surface area contributed by atoms with Gasteiger partial charge in [0.15, 0.2) is 0 Å². The molecule has 0 bridgehead atoms. The van der Waals surface area contributed by atoms with Crippen molar-refractivity contribution >= 4 is 5.97 Å². The van der Waals surface area contributed by atoms with Crippen molar-refractivity contribution in [3.8, 4) is 5.75 Å². The number of carboxylic acid groups (broad SMARTS) is 1. The summed E-state index contributed by atoms with van der Waals surface area (Å²) in [4.78, 5) is 10.9. The number of aliphatic carboxylic acids is 1. The molecule has 0 saturated carbocycles. The lowest BCUT2D eigenvalue weighted by Gasteiger charge is -2.18. The second-order valence-electron chi connectivity index (χ2n) is 4.07. The molecule has 88 valence electrons. The number of carbonyl (C=O) groups is 1. The van der Waals surface area contributed by atoms with Crippen molar-refractivity contribution in [1.29, 1.82) is 0 Å². The minimum atomic E-state index is -0.870. The van der Waals surface area contributed by atoms with E-state index >= 15 is 0 Å². The van der Waals surface area contributed by atoms with E-state index in [0.29, 0.717) is 12.1 Å². The molecule has 0 aliphatic heterocycles. The molecule has 4 heteroatoms. The third kappa shape index (κ3) is 3.24. The molecule has 0 radical (unpaired) electrons. The third-order valence-electron chi connectivity index (χ3n) is 2.44. The Kier molecular flexibility index (Phi) is 4.31. The third-order valence-corrected chi connectivity index (χ3v) is 2.44.